The Morgan fingerprint density at radius 3 is 2.42 bits per heavy atom. The van der Waals surface area contributed by atoms with Gasteiger partial charge >= 0.3 is 5.89 Å². The Balaban J connectivity index is 0.000000810. The molecule has 0 saturated carbocycles. The number of amides is 1. The largest absolute Gasteiger partial charge is 0.862 e. The van der Waals surface area contributed by atoms with Crippen LogP contribution in [0.25, 0.3) is 17.2 Å². The van der Waals surface area contributed by atoms with Gasteiger partial charge in [0.2, 0.25) is 17.4 Å². The predicted octanol–water partition coefficient (Wildman–Crippen LogP) is 0.539. The summed E-state index contributed by atoms with van der Waals surface area (Å²) in [4.78, 5) is 17.6. The maximum atomic E-state index is 11.5. The molecule has 1 aliphatic heterocycles. The molecule has 2 aromatic carbocycles. The van der Waals surface area contributed by atoms with Gasteiger partial charge in [-0.1, -0.05) is 6.92 Å². The number of aromatic nitrogens is 1. The zero-order chi connectivity index (χ0) is 29.6. The molecule has 2 heterocycles. The average molecular weight is 575 g/mol. The van der Waals surface area contributed by atoms with E-state index in [9.17, 15) is 9.90 Å². The summed E-state index contributed by atoms with van der Waals surface area (Å²) >= 11 is 0. The molecule has 1 amide bonds. The Morgan fingerprint density at radius 1 is 1.15 bits per heavy atom. The molecule has 1 aromatic heterocycles. The van der Waals surface area contributed by atoms with E-state index in [1.807, 2.05) is 49.4 Å². The Kier molecular flexibility index (Phi) is 9.90. The Labute approximate surface area is 233 Å². The quantitative estimate of drug-likeness (QED) is 0.231. The molecule has 0 radical (unpaired) electrons. The number of rotatable bonds is 7. The second-order valence-electron chi connectivity index (χ2n) is 8.63. The third kappa shape index (κ3) is 8.04. The Morgan fingerprint density at radius 2 is 1.85 bits per heavy atom. The highest BCUT2D eigenvalue weighted by atomic mass is 35.7. The van der Waals surface area contributed by atoms with E-state index in [1.54, 1.807) is 6.07 Å². The highest BCUT2D eigenvalue weighted by Gasteiger charge is 2.26. The summed E-state index contributed by atoms with van der Waals surface area (Å²) in [5, 5.41) is 14.2. The van der Waals surface area contributed by atoms with E-state index in [2.05, 4.69) is 33.6 Å². The number of hydrogen-bond acceptors (Lipinski definition) is 10. The summed E-state index contributed by atoms with van der Waals surface area (Å²) in [6.07, 6.45) is 4.80. The van der Waals surface area contributed by atoms with E-state index in [0.29, 0.717) is 24.7 Å². The van der Waals surface area contributed by atoms with Gasteiger partial charge in [0.1, 0.15) is 6.54 Å². The number of halogens is 1. The lowest BCUT2D eigenvalue weighted by Gasteiger charge is -2.16. The molecule has 0 atom stereocenters. The fraction of sp³-hybridized carbons (Fsp3) is 0.296. The topological polar surface area (TPSA) is 183 Å². The molecule has 214 valence electrons. The smallest absolute Gasteiger partial charge is 0.374 e. The van der Waals surface area contributed by atoms with Gasteiger partial charge in [-0.15, -0.1) is 0 Å². The normalized spacial score (nSPS) is 14.6. The maximum Gasteiger partial charge on any atom is 0.374 e. The van der Waals surface area contributed by atoms with Gasteiger partial charge in [0.15, 0.2) is 5.75 Å². The van der Waals surface area contributed by atoms with Crippen molar-refractivity contribution in [2.45, 2.75) is 47.6 Å². The Hall–Kier alpha value is -3.94. The number of aliphatic imine (C=N–C) groups is 1. The lowest BCUT2D eigenvalue weighted by Crippen LogP contribution is -2.58. The predicted molar refractivity (Wildman–Crippen MR) is 138 cm³/mol. The third-order valence-corrected chi connectivity index (χ3v) is 5.71. The van der Waals surface area contributed by atoms with Crippen molar-refractivity contribution in [3.63, 3.8) is 0 Å². The van der Waals surface area contributed by atoms with Crippen molar-refractivity contribution in [3.8, 4) is 5.75 Å². The lowest BCUT2D eigenvalue weighted by molar-refractivity contribution is -1.92. The second kappa shape index (κ2) is 12.9. The standard InChI is InChI=1S/C27H30N4O4.ClHO4/c1-6-19(13-26-30(7-2)22-15-20(28-17(4)32)9-11-24(22)34-26)14-27-31(8-3)23-16-21(29-18(5)33)10-12-25(23)35-27;2-1(3,4)5/h9-16H,6-8H2,1-5H3,(H-,28,29,32,33);(H,2,3,4,5). The minimum Gasteiger partial charge on any atom is -0.862 e. The monoisotopic (exact) mass is 574 g/mol. The average Bonchev–Trinajstić information content (AvgIpc) is 3.37. The van der Waals surface area contributed by atoms with E-state index in [1.165, 1.54) is 13.8 Å². The first-order valence-electron chi connectivity index (χ1n) is 12.4. The van der Waals surface area contributed by atoms with Crippen LogP contribution in [0.3, 0.4) is 0 Å². The zero-order valence-electron chi connectivity index (χ0n) is 22.8. The number of aryl methyl sites for hydroxylation is 1. The molecule has 0 spiro atoms. The van der Waals surface area contributed by atoms with Gasteiger partial charge in [-0.25, -0.2) is 0 Å². The molecule has 0 bridgehead atoms. The molecule has 4 rings (SSSR count). The van der Waals surface area contributed by atoms with Gasteiger partial charge in [0, 0.05) is 31.3 Å². The number of benzene rings is 2. The van der Waals surface area contributed by atoms with Crippen molar-refractivity contribution in [3.05, 3.63) is 59.8 Å². The van der Waals surface area contributed by atoms with Gasteiger partial charge in [-0.05, 0) is 69.0 Å². The van der Waals surface area contributed by atoms with E-state index >= 15 is 0 Å². The van der Waals surface area contributed by atoms with E-state index in [-0.39, 0.29) is 11.8 Å². The number of nitrogens with zero attached hydrogens (tertiary/aromatic N) is 3. The van der Waals surface area contributed by atoms with Crippen LogP contribution in [0.4, 0.5) is 17.1 Å². The zero-order valence-corrected chi connectivity index (χ0v) is 23.5. The molecule has 0 fully saturated rings. The highest BCUT2D eigenvalue weighted by molar-refractivity contribution is 5.90. The molecule has 0 saturated heterocycles. The Bertz CT molecular complexity index is 1460. The van der Waals surface area contributed by atoms with Crippen molar-refractivity contribution < 1.29 is 52.5 Å². The molecular formula is C27H31ClN4O8. The van der Waals surface area contributed by atoms with E-state index in [0.717, 1.165) is 46.1 Å². The first kappa shape index (κ1) is 30.6. The number of nitrogens with one attached hydrogen (secondary N) is 1. The first-order chi connectivity index (χ1) is 18.8. The van der Waals surface area contributed by atoms with Crippen LogP contribution < -0.4 is 38.6 Å². The number of fused-ring (bicyclic) bond motifs is 2. The third-order valence-electron chi connectivity index (χ3n) is 5.71. The van der Waals surface area contributed by atoms with Crippen LogP contribution in [0.2, 0.25) is 0 Å². The molecule has 3 aromatic rings. The highest BCUT2D eigenvalue weighted by Crippen LogP contribution is 2.41. The number of allylic oxidation sites excluding steroid dienone is 2. The molecule has 40 heavy (non-hydrogen) atoms. The van der Waals surface area contributed by atoms with Crippen molar-refractivity contribution >= 4 is 46.0 Å². The summed E-state index contributed by atoms with van der Waals surface area (Å²) in [5.74, 6) is 1.82. The summed E-state index contributed by atoms with van der Waals surface area (Å²) < 4.78 is 47.1. The van der Waals surface area contributed by atoms with Gasteiger partial charge < -0.3 is 24.5 Å². The lowest BCUT2D eigenvalue weighted by atomic mass is 10.1. The second-order valence-corrected chi connectivity index (χ2v) is 9.42. The number of oxazole rings is 1. The van der Waals surface area contributed by atoms with Crippen LogP contribution in [0.1, 0.15) is 46.9 Å². The number of ether oxygens (including phenoxy) is 1. The van der Waals surface area contributed by atoms with Crippen molar-refractivity contribution in [2.24, 2.45) is 4.99 Å². The van der Waals surface area contributed by atoms with Gasteiger partial charge in [0.25, 0.3) is 5.52 Å². The van der Waals surface area contributed by atoms with E-state index in [4.69, 9.17) is 27.8 Å². The number of hydrogen-bond donors (Lipinski definition) is 2. The first-order valence-corrected chi connectivity index (χ1v) is 13.7. The fourth-order valence-corrected chi connectivity index (χ4v) is 4.15. The minimum absolute atomic E-state index is 0.115. The number of carbonyl (C=O) groups is 1. The van der Waals surface area contributed by atoms with Crippen LogP contribution >= 0.6 is 0 Å². The summed E-state index contributed by atoms with van der Waals surface area (Å²) in [7, 11) is -4.69. The van der Waals surface area contributed by atoms with Gasteiger partial charge in [-0.2, -0.15) is 18.5 Å². The van der Waals surface area contributed by atoms with Crippen LogP contribution in [-0.4, -0.2) is 23.0 Å². The van der Waals surface area contributed by atoms with Crippen molar-refractivity contribution in [1.82, 2.24) is 0 Å². The molecule has 0 unspecified atom stereocenters. The van der Waals surface area contributed by atoms with Crippen LogP contribution in [-0.2, 0) is 11.3 Å². The number of anilines is 2. The van der Waals surface area contributed by atoms with Crippen LogP contribution in [0.5, 0.6) is 5.75 Å². The van der Waals surface area contributed by atoms with Crippen LogP contribution in [0, 0.1) is 10.2 Å². The molecule has 1 aliphatic rings. The maximum absolute atomic E-state index is 11.5. The fourth-order valence-electron chi connectivity index (χ4n) is 4.15. The molecule has 13 heteroatoms. The summed E-state index contributed by atoms with van der Waals surface area (Å²) in [6, 6.07) is 11.1. The SMILES string of the molecule is CCC(=Cc1oc2ccc(N=C(C)[O-])cc2[n+]1CC)C=C1Oc2ccc(NC(C)=O)cc2N1CC.[O-][Cl+3]([O-])([O-])O. The summed E-state index contributed by atoms with van der Waals surface area (Å²) in [6.45, 7) is 10.5. The molecule has 2 N–H and O–H groups in total. The van der Waals surface area contributed by atoms with Crippen LogP contribution in [0.15, 0.2) is 63.3 Å². The molecule has 0 aliphatic carbocycles. The summed E-state index contributed by atoms with van der Waals surface area (Å²) in [5.41, 5.74) is 4.89. The minimum atomic E-state index is -4.69. The molecular weight excluding hydrogens is 544 g/mol. The van der Waals surface area contributed by atoms with Gasteiger partial charge in [-0.3, -0.25) is 9.79 Å². The van der Waals surface area contributed by atoms with Gasteiger partial charge in [0.05, 0.1) is 32.4 Å². The number of carbonyl (C=O) groups excluding carboxylic acids is 1. The van der Waals surface area contributed by atoms with E-state index < -0.39 is 10.2 Å². The van der Waals surface area contributed by atoms with Crippen molar-refractivity contribution in [2.75, 3.05) is 16.8 Å². The molecule has 12 nitrogen and oxygen atoms in total. The van der Waals surface area contributed by atoms with Crippen molar-refractivity contribution in [1.29, 1.82) is 0 Å².